The van der Waals surface area contributed by atoms with Gasteiger partial charge in [0.15, 0.2) is 22.6 Å². The Labute approximate surface area is 158 Å². The molecule has 0 saturated carbocycles. The average Bonchev–Trinajstić information content (AvgIpc) is 3.38. The van der Waals surface area contributed by atoms with E-state index in [-0.39, 0.29) is 0 Å². The molecule has 0 saturated heterocycles. The van der Waals surface area contributed by atoms with Gasteiger partial charge in [-0.15, -0.1) is 21.5 Å². The van der Waals surface area contributed by atoms with Gasteiger partial charge in [-0.05, 0) is 29.5 Å². The van der Waals surface area contributed by atoms with Gasteiger partial charge >= 0.3 is 0 Å². The molecule has 0 aromatic carbocycles. The number of thioether (sulfide) groups is 1. The van der Waals surface area contributed by atoms with E-state index in [9.17, 15) is 0 Å². The second-order valence-electron chi connectivity index (χ2n) is 6.07. The number of rotatable bonds is 7. The quantitative estimate of drug-likeness (QED) is 0.429. The molecule has 4 aromatic heterocycles. The van der Waals surface area contributed by atoms with E-state index in [0.29, 0.717) is 29.1 Å². The molecular weight excluding hydrogens is 370 g/mol. The molecule has 0 amide bonds. The van der Waals surface area contributed by atoms with Crippen molar-refractivity contribution in [1.82, 2.24) is 24.9 Å². The van der Waals surface area contributed by atoms with E-state index in [1.807, 2.05) is 29.6 Å². The molecule has 0 bridgehead atoms. The monoisotopic (exact) mass is 387 g/mol. The van der Waals surface area contributed by atoms with Crippen LogP contribution in [0.3, 0.4) is 0 Å². The highest BCUT2D eigenvalue weighted by Gasteiger charge is 2.18. The fourth-order valence-corrected chi connectivity index (χ4v) is 3.89. The van der Waals surface area contributed by atoms with Crippen LogP contribution in [-0.4, -0.2) is 24.9 Å². The molecule has 0 aliphatic carbocycles. The zero-order valence-electron chi connectivity index (χ0n) is 14.3. The summed E-state index contributed by atoms with van der Waals surface area (Å²) in [5, 5.41) is 15.5. The van der Waals surface area contributed by atoms with Gasteiger partial charge in [0.2, 0.25) is 0 Å². The highest BCUT2D eigenvalue weighted by Crippen LogP contribution is 2.28. The Kier molecular flexibility index (Phi) is 4.89. The molecule has 134 valence electrons. The van der Waals surface area contributed by atoms with Gasteiger partial charge in [0.05, 0.1) is 16.9 Å². The van der Waals surface area contributed by atoms with Crippen molar-refractivity contribution in [2.24, 2.45) is 5.92 Å². The van der Waals surface area contributed by atoms with Crippen molar-refractivity contribution in [3.63, 3.8) is 0 Å². The van der Waals surface area contributed by atoms with Gasteiger partial charge in [-0.2, -0.15) is 4.98 Å². The van der Waals surface area contributed by atoms with E-state index in [2.05, 4.69) is 38.8 Å². The third-order valence-corrected chi connectivity index (χ3v) is 5.36. The lowest BCUT2D eigenvalue weighted by atomic mass is 10.2. The zero-order chi connectivity index (χ0) is 17.9. The summed E-state index contributed by atoms with van der Waals surface area (Å²) in [5.41, 5.74) is 0. The Morgan fingerprint density at radius 3 is 2.88 bits per heavy atom. The third kappa shape index (κ3) is 3.58. The molecule has 0 aliphatic heterocycles. The van der Waals surface area contributed by atoms with Gasteiger partial charge in [-0.3, -0.25) is 4.57 Å². The van der Waals surface area contributed by atoms with Crippen molar-refractivity contribution in [3.8, 4) is 22.4 Å². The summed E-state index contributed by atoms with van der Waals surface area (Å²) in [6.07, 6.45) is 1.64. The minimum atomic E-state index is 0.453. The lowest BCUT2D eigenvalue weighted by molar-refractivity contribution is 0.426. The van der Waals surface area contributed by atoms with Gasteiger partial charge in [-0.1, -0.05) is 36.8 Å². The average molecular weight is 387 g/mol. The number of nitrogens with zero attached hydrogens (tertiary/aromatic N) is 5. The Morgan fingerprint density at radius 2 is 2.15 bits per heavy atom. The predicted molar refractivity (Wildman–Crippen MR) is 99.7 cm³/mol. The summed E-state index contributed by atoms with van der Waals surface area (Å²) in [5.74, 6) is 3.65. The molecule has 0 radical (unpaired) electrons. The Hall–Kier alpha value is -2.39. The number of hydrogen-bond acceptors (Lipinski definition) is 8. The minimum Gasteiger partial charge on any atom is -0.461 e. The molecule has 0 fully saturated rings. The zero-order valence-corrected chi connectivity index (χ0v) is 16.0. The van der Waals surface area contributed by atoms with Crippen LogP contribution in [0, 0.1) is 5.92 Å². The summed E-state index contributed by atoms with van der Waals surface area (Å²) in [7, 11) is 0. The van der Waals surface area contributed by atoms with Crippen LogP contribution in [0.4, 0.5) is 0 Å². The molecule has 0 unspecified atom stereocenters. The first-order valence-electron chi connectivity index (χ1n) is 8.17. The van der Waals surface area contributed by atoms with Gasteiger partial charge < -0.3 is 8.94 Å². The summed E-state index contributed by atoms with van der Waals surface area (Å²) in [4.78, 5) is 5.42. The summed E-state index contributed by atoms with van der Waals surface area (Å²) in [6, 6.07) is 7.66. The van der Waals surface area contributed by atoms with Crippen LogP contribution >= 0.6 is 23.1 Å². The number of furan rings is 1. The maximum Gasteiger partial charge on any atom is 0.268 e. The van der Waals surface area contributed by atoms with Crippen molar-refractivity contribution in [1.29, 1.82) is 0 Å². The minimum absolute atomic E-state index is 0.453. The SMILES string of the molecule is CC(C)Cn1c(SCc2noc(-c3cccs3)n2)nnc1-c1ccco1. The van der Waals surface area contributed by atoms with Gasteiger partial charge in [0, 0.05) is 6.54 Å². The smallest absolute Gasteiger partial charge is 0.268 e. The topological polar surface area (TPSA) is 82.8 Å². The van der Waals surface area contributed by atoms with Gasteiger partial charge in [0.25, 0.3) is 5.89 Å². The van der Waals surface area contributed by atoms with Crippen LogP contribution in [0.5, 0.6) is 0 Å². The maximum absolute atomic E-state index is 5.49. The number of aromatic nitrogens is 5. The third-order valence-electron chi connectivity index (χ3n) is 3.54. The summed E-state index contributed by atoms with van der Waals surface area (Å²) < 4.78 is 12.9. The highest BCUT2D eigenvalue weighted by atomic mass is 32.2. The van der Waals surface area contributed by atoms with Crippen LogP contribution in [-0.2, 0) is 12.3 Å². The molecule has 4 aromatic rings. The molecule has 7 nitrogen and oxygen atoms in total. The van der Waals surface area contributed by atoms with Crippen molar-refractivity contribution in [2.45, 2.75) is 31.3 Å². The molecule has 0 aliphatic rings. The van der Waals surface area contributed by atoms with Crippen LogP contribution in [0.2, 0.25) is 0 Å². The molecule has 26 heavy (non-hydrogen) atoms. The van der Waals surface area contributed by atoms with Crippen molar-refractivity contribution < 1.29 is 8.94 Å². The Balaban J connectivity index is 1.53. The van der Waals surface area contributed by atoms with E-state index in [0.717, 1.165) is 22.4 Å². The Morgan fingerprint density at radius 1 is 1.23 bits per heavy atom. The number of hydrogen-bond donors (Lipinski definition) is 0. The summed E-state index contributed by atoms with van der Waals surface area (Å²) in [6.45, 7) is 5.12. The molecule has 0 atom stereocenters. The second kappa shape index (κ2) is 7.46. The van der Waals surface area contributed by atoms with Gasteiger partial charge in [0.1, 0.15) is 0 Å². The standard InChI is InChI=1S/C17H17N5O2S2/c1-11(2)9-22-15(12-5-3-7-23-12)19-20-17(22)26-10-14-18-16(24-21-14)13-6-4-8-25-13/h3-8,11H,9-10H2,1-2H3. The first kappa shape index (κ1) is 17.0. The van der Waals surface area contributed by atoms with E-state index in [1.165, 1.54) is 11.8 Å². The molecule has 4 rings (SSSR count). The fourth-order valence-electron chi connectivity index (χ4n) is 2.46. The molecular formula is C17H17N5O2S2. The maximum atomic E-state index is 5.49. The number of thiophene rings is 1. The highest BCUT2D eigenvalue weighted by molar-refractivity contribution is 7.98. The first-order chi connectivity index (χ1) is 12.7. The summed E-state index contributed by atoms with van der Waals surface area (Å²) >= 11 is 3.11. The van der Waals surface area contributed by atoms with E-state index in [4.69, 9.17) is 8.94 Å². The van der Waals surface area contributed by atoms with Crippen LogP contribution in [0.15, 0.2) is 50.0 Å². The normalized spacial score (nSPS) is 11.5. The van der Waals surface area contributed by atoms with E-state index >= 15 is 0 Å². The molecule has 0 spiro atoms. The van der Waals surface area contributed by atoms with Crippen LogP contribution in [0.1, 0.15) is 19.7 Å². The lowest BCUT2D eigenvalue weighted by Crippen LogP contribution is -2.07. The first-order valence-corrected chi connectivity index (χ1v) is 10.0. The van der Waals surface area contributed by atoms with Crippen molar-refractivity contribution in [3.05, 3.63) is 41.7 Å². The molecule has 9 heteroatoms. The Bertz CT molecular complexity index is 958. The van der Waals surface area contributed by atoms with Crippen molar-refractivity contribution >= 4 is 23.1 Å². The predicted octanol–water partition coefficient (Wildman–Crippen LogP) is 4.60. The molecule has 4 heterocycles. The van der Waals surface area contributed by atoms with Crippen LogP contribution < -0.4 is 0 Å². The largest absolute Gasteiger partial charge is 0.461 e. The van der Waals surface area contributed by atoms with Crippen LogP contribution in [0.25, 0.3) is 22.4 Å². The lowest BCUT2D eigenvalue weighted by Gasteiger charge is -2.10. The van der Waals surface area contributed by atoms with E-state index in [1.54, 1.807) is 17.6 Å². The van der Waals surface area contributed by atoms with Gasteiger partial charge in [-0.25, -0.2) is 0 Å². The van der Waals surface area contributed by atoms with Crippen molar-refractivity contribution in [2.75, 3.05) is 0 Å². The fraction of sp³-hybridized carbons (Fsp3) is 0.294. The van der Waals surface area contributed by atoms with E-state index < -0.39 is 0 Å². The second-order valence-corrected chi connectivity index (χ2v) is 7.96. The molecule has 0 N–H and O–H groups in total.